The second-order valence-electron chi connectivity index (χ2n) is 14.0. The summed E-state index contributed by atoms with van der Waals surface area (Å²) < 4.78 is 5.24. The van der Waals surface area contributed by atoms with E-state index in [4.69, 9.17) is 0 Å². The Hall–Kier alpha value is -6.52. The normalized spacial score (nSPS) is 11.6. The van der Waals surface area contributed by atoms with Crippen molar-refractivity contribution in [2.45, 2.75) is 0 Å². The van der Waals surface area contributed by atoms with Crippen LogP contribution in [0.3, 0.4) is 0 Å². The number of fused-ring (bicyclic) bond motifs is 7. The molecule has 11 rings (SSSR count). The molecule has 3 heteroatoms. The zero-order valence-corrected chi connectivity index (χ0v) is 31.4. The summed E-state index contributed by atoms with van der Waals surface area (Å²) in [5.41, 5.74) is 10.9. The van der Waals surface area contributed by atoms with Crippen LogP contribution in [0.5, 0.6) is 0 Å². The van der Waals surface area contributed by atoms with Crippen LogP contribution in [0.1, 0.15) is 0 Å². The summed E-state index contributed by atoms with van der Waals surface area (Å²) in [5.74, 6) is 0. The molecule has 0 amide bonds. The SMILES string of the molecule is c1ccc(-c2ccc(N(c3ccc(-c4ccc5sc6ccccc6c5c4)cc3)c3cccc4c3sc3c(-c5ccccc5)cccc34)c3ccccc23)cc1. The van der Waals surface area contributed by atoms with Crippen molar-refractivity contribution >= 4 is 90.9 Å². The van der Waals surface area contributed by atoms with E-state index >= 15 is 0 Å². The average Bonchev–Trinajstić information content (AvgIpc) is 3.83. The van der Waals surface area contributed by atoms with Crippen LogP contribution >= 0.6 is 22.7 Å². The highest BCUT2D eigenvalue weighted by Gasteiger charge is 2.22. The Kier molecular flexibility index (Phi) is 7.61. The molecular formula is C52H33NS2. The highest BCUT2D eigenvalue weighted by molar-refractivity contribution is 7.27. The van der Waals surface area contributed by atoms with Gasteiger partial charge in [-0.1, -0.05) is 158 Å². The second kappa shape index (κ2) is 13.1. The molecule has 0 spiro atoms. The minimum Gasteiger partial charge on any atom is -0.308 e. The van der Waals surface area contributed by atoms with Gasteiger partial charge in [0, 0.05) is 46.7 Å². The Labute approximate surface area is 327 Å². The molecule has 2 aromatic heterocycles. The maximum absolute atomic E-state index is 2.48. The molecule has 11 aromatic rings. The first-order chi connectivity index (χ1) is 27.3. The summed E-state index contributed by atoms with van der Waals surface area (Å²) in [4.78, 5) is 2.48. The van der Waals surface area contributed by atoms with Crippen LogP contribution in [-0.2, 0) is 0 Å². The van der Waals surface area contributed by atoms with E-state index in [1.807, 2.05) is 22.7 Å². The minimum absolute atomic E-state index is 1.12. The zero-order chi connectivity index (χ0) is 36.3. The quantitative estimate of drug-likeness (QED) is 0.164. The van der Waals surface area contributed by atoms with Gasteiger partial charge in [0.25, 0.3) is 0 Å². The molecule has 2 heterocycles. The van der Waals surface area contributed by atoms with Gasteiger partial charge in [0.1, 0.15) is 0 Å². The Morgan fingerprint density at radius 1 is 0.291 bits per heavy atom. The fraction of sp³-hybridized carbons (Fsp3) is 0. The predicted molar refractivity (Wildman–Crippen MR) is 241 cm³/mol. The lowest BCUT2D eigenvalue weighted by Gasteiger charge is -2.28. The Morgan fingerprint density at radius 3 is 1.67 bits per heavy atom. The molecule has 0 aliphatic heterocycles. The summed E-state index contributed by atoms with van der Waals surface area (Å²) in [5, 5.41) is 7.66. The third kappa shape index (κ3) is 5.35. The van der Waals surface area contributed by atoms with Crippen LogP contribution in [0.15, 0.2) is 200 Å². The van der Waals surface area contributed by atoms with E-state index in [1.54, 1.807) is 0 Å². The topological polar surface area (TPSA) is 3.24 Å². The lowest BCUT2D eigenvalue weighted by molar-refractivity contribution is 1.32. The van der Waals surface area contributed by atoms with E-state index in [-0.39, 0.29) is 0 Å². The van der Waals surface area contributed by atoms with E-state index in [2.05, 4.69) is 205 Å². The Bertz CT molecular complexity index is 3190. The molecule has 0 fully saturated rings. The lowest BCUT2D eigenvalue weighted by Crippen LogP contribution is -2.10. The first-order valence-electron chi connectivity index (χ1n) is 18.7. The van der Waals surface area contributed by atoms with E-state index < -0.39 is 0 Å². The van der Waals surface area contributed by atoms with Crippen LogP contribution in [0, 0.1) is 0 Å². The molecule has 9 aromatic carbocycles. The summed E-state index contributed by atoms with van der Waals surface area (Å²) in [6.07, 6.45) is 0. The van der Waals surface area contributed by atoms with Crippen LogP contribution in [0.25, 0.3) is 84.5 Å². The van der Waals surface area contributed by atoms with E-state index in [9.17, 15) is 0 Å². The van der Waals surface area contributed by atoms with Gasteiger partial charge in [0.05, 0.1) is 16.1 Å². The molecule has 1 nitrogen and oxygen atoms in total. The Morgan fingerprint density at radius 2 is 0.891 bits per heavy atom. The van der Waals surface area contributed by atoms with Crippen LogP contribution in [0.2, 0.25) is 0 Å². The molecule has 0 N–H and O–H groups in total. The maximum Gasteiger partial charge on any atom is 0.0640 e. The number of benzene rings is 9. The summed E-state index contributed by atoms with van der Waals surface area (Å²) in [6, 6.07) is 73.3. The van der Waals surface area contributed by atoms with Crippen molar-refractivity contribution in [2.75, 3.05) is 4.90 Å². The third-order valence-corrected chi connectivity index (χ3v) is 13.3. The number of anilines is 3. The fourth-order valence-electron chi connectivity index (χ4n) is 8.29. The van der Waals surface area contributed by atoms with Gasteiger partial charge in [-0.25, -0.2) is 0 Å². The van der Waals surface area contributed by atoms with Crippen molar-refractivity contribution in [1.29, 1.82) is 0 Å². The van der Waals surface area contributed by atoms with E-state index in [0.29, 0.717) is 0 Å². The molecule has 258 valence electrons. The van der Waals surface area contributed by atoms with Gasteiger partial charge in [0.2, 0.25) is 0 Å². The first kappa shape index (κ1) is 32.0. The smallest absolute Gasteiger partial charge is 0.0640 e. The van der Waals surface area contributed by atoms with Crippen molar-refractivity contribution in [3.05, 3.63) is 200 Å². The van der Waals surface area contributed by atoms with Crippen molar-refractivity contribution in [3.8, 4) is 33.4 Å². The van der Waals surface area contributed by atoms with Gasteiger partial charge in [-0.05, 0) is 81.2 Å². The number of thiophene rings is 2. The van der Waals surface area contributed by atoms with Crippen molar-refractivity contribution in [2.24, 2.45) is 0 Å². The maximum atomic E-state index is 2.48. The summed E-state index contributed by atoms with van der Waals surface area (Å²) >= 11 is 3.76. The molecule has 0 unspecified atom stereocenters. The molecule has 0 saturated heterocycles. The number of rotatable bonds is 6. The molecule has 0 saturated carbocycles. The molecular weight excluding hydrogens is 703 g/mol. The van der Waals surface area contributed by atoms with Crippen molar-refractivity contribution < 1.29 is 0 Å². The molecule has 0 aliphatic rings. The highest BCUT2D eigenvalue weighted by Crippen LogP contribution is 2.49. The van der Waals surface area contributed by atoms with Gasteiger partial charge in [-0.2, -0.15) is 0 Å². The predicted octanol–water partition coefficient (Wildman–Crippen LogP) is 16.0. The van der Waals surface area contributed by atoms with Crippen LogP contribution in [-0.4, -0.2) is 0 Å². The molecule has 0 atom stereocenters. The minimum atomic E-state index is 1.12. The average molecular weight is 736 g/mol. The third-order valence-electron chi connectivity index (χ3n) is 10.9. The highest BCUT2D eigenvalue weighted by atomic mass is 32.1. The zero-order valence-electron chi connectivity index (χ0n) is 29.8. The number of nitrogens with zero attached hydrogens (tertiary/aromatic N) is 1. The summed E-state index contributed by atoms with van der Waals surface area (Å²) in [6.45, 7) is 0. The van der Waals surface area contributed by atoms with Crippen molar-refractivity contribution in [3.63, 3.8) is 0 Å². The summed E-state index contributed by atoms with van der Waals surface area (Å²) in [7, 11) is 0. The van der Waals surface area contributed by atoms with Gasteiger partial charge in [-0.15, -0.1) is 22.7 Å². The number of hydrogen-bond acceptors (Lipinski definition) is 3. The fourth-order valence-corrected chi connectivity index (χ4v) is 10.7. The van der Waals surface area contributed by atoms with Gasteiger partial charge < -0.3 is 4.90 Å². The van der Waals surface area contributed by atoms with Gasteiger partial charge in [0.15, 0.2) is 0 Å². The monoisotopic (exact) mass is 735 g/mol. The number of hydrogen-bond donors (Lipinski definition) is 0. The Balaban J connectivity index is 1.12. The van der Waals surface area contributed by atoms with Crippen LogP contribution in [0.4, 0.5) is 17.1 Å². The van der Waals surface area contributed by atoms with Gasteiger partial charge in [-0.3, -0.25) is 0 Å². The lowest BCUT2D eigenvalue weighted by atomic mass is 9.96. The first-order valence-corrected chi connectivity index (χ1v) is 20.3. The van der Waals surface area contributed by atoms with E-state index in [1.165, 1.54) is 90.2 Å². The van der Waals surface area contributed by atoms with Gasteiger partial charge >= 0.3 is 0 Å². The molecule has 0 radical (unpaired) electrons. The van der Waals surface area contributed by atoms with E-state index in [0.717, 1.165) is 11.4 Å². The second-order valence-corrected chi connectivity index (χ2v) is 16.1. The van der Waals surface area contributed by atoms with Crippen LogP contribution < -0.4 is 4.90 Å². The largest absolute Gasteiger partial charge is 0.308 e. The molecule has 55 heavy (non-hydrogen) atoms. The van der Waals surface area contributed by atoms with Crippen molar-refractivity contribution in [1.82, 2.24) is 0 Å². The molecule has 0 aliphatic carbocycles. The molecule has 0 bridgehead atoms. The standard InChI is InChI=1S/C52H33NS2/c1-3-13-35(14-4-1)39-30-31-47(42-18-8-7-17-41(39)42)53(38-28-25-34(26-29-38)37-27-32-50-46(33-37)43-19-9-10-24-49(43)54-50)48-23-12-22-45-44-21-11-20-40(51(44)55-52(45)48)36-15-5-2-6-16-36/h1-33H.